The van der Waals surface area contributed by atoms with Crippen molar-refractivity contribution in [3.63, 3.8) is 0 Å². The summed E-state index contributed by atoms with van der Waals surface area (Å²) in [6.45, 7) is 0. The van der Waals surface area contributed by atoms with Gasteiger partial charge in [-0.2, -0.15) is 5.10 Å². The standard InChI is InChI=1S/C21H23N5O3/c1-26-13-15-11-14(7-8-17(15)23-26)21-12-19(25-29-21)16(22)5-3-2-4-6-20(27)18-9-10-28-24-18/h7-13,16H,2-6,22H2,1H3/t16-/m0/s1. The Morgan fingerprint density at radius 1 is 1.17 bits per heavy atom. The van der Waals surface area contributed by atoms with Gasteiger partial charge in [-0.25, -0.2) is 0 Å². The highest BCUT2D eigenvalue weighted by Crippen LogP contribution is 2.27. The Morgan fingerprint density at radius 3 is 2.90 bits per heavy atom. The number of Topliss-reactive ketones (excluding diaryl/α,β-unsaturated/α-hetero) is 1. The highest BCUT2D eigenvalue weighted by molar-refractivity contribution is 5.93. The predicted molar refractivity (Wildman–Crippen MR) is 107 cm³/mol. The first-order valence-corrected chi connectivity index (χ1v) is 9.70. The molecular weight excluding hydrogens is 370 g/mol. The Labute approximate surface area is 167 Å². The molecule has 0 radical (unpaired) electrons. The van der Waals surface area contributed by atoms with Crippen LogP contribution in [0.4, 0.5) is 0 Å². The zero-order valence-electron chi connectivity index (χ0n) is 16.2. The summed E-state index contributed by atoms with van der Waals surface area (Å²) in [5.74, 6) is 0.703. The van der Waals surface area contributed by atoms with Gasteiger partial charge in [0, 0.05) is 42.7 Å². The summed E-state index contributed by atoms with van der Waals surface area (Å²) in [5, 5.41) is 13.2. The molecule has 0 saturated carbocycles. The van der Waals surface area contributed by atoms with Crippen LogP contribution in [0.3, 0.4) is 0 Å². The molecule has 0 spiro atoms. The molecule has 3 aromatic heterocycles. The second kappa shape index (κ2) is 8.40. The Hall–Kier alpha value is -3.26. The van der Waals surface area contributed by atoms with Gasteiger partial charge in [0.05, 0.1) is 11.6 Å². The maximum absolute atomic E-state index is 11.9. The van der Waals surface area contributed by atoms with Gasteiger partial charge in [-0.05, 0) is 31.0 Å². The van der Waals surface area contributed by atoms with Crippen molar-refractivity contribution >= 4 is 16.7 Å². The van der Waals surface area contributed by atoms with Gasteiger partial charge in [-0.3, -0.25) is 9.48 Å². The van der Waals surface area contributed by atoms with Crippen molar-refractivity contribution in [2.75, 3.05) is 0 Å². The van der Waals surface area contributed by atoms with E-state index >= 15 is 0 Å². The average molecular weight is 393 g/mol. The molecule has 3 heterocycles. The summed E-state index contributed by atoms with van der Waals surface area (Å²) < 4.78 is 12.0. The fraction of sp³-hybridized carbons (Fsp3) is 0.333. The first-order valence-electron chi connectivity index (χ1n) is 9.70. The molecular formula is C21H23N5O3. The van der Waals surface area contributed by atoms with Crippen LogP contribution >= 0.6 is 0 Å². The number of hydrogen-bond acceptors (Lipinski definition) is 7. The normalized spacial score (nSPS) is 12.5. The summed E-state index contributed by atoms with van der Waals surface area (Å²) in [7, 11) is 1.90. The summed E-state index contributed by atoms with van der Waals surface area (Å²) in [6, 6.07) is 9.26. The molecule has 4 rings (SSSR count). The van der Waals surface area contributed by atoms with Crippen LogP contribution in [0.1, 0.15) is 54.3 Å². The number of ketones is 1. The van der Waals surface area contributed by atoms with Gasteiger partial charge in [-0.1, -0.05) is 23.2 Å². The highest BCUT2D eigenvalue weighted by Gasteiger charge is 2.14. The van der Waals surface area contributed by atoms with E-state index in [1.54, 1.807) is 10.7 Å². The summed E-state index contributed by atoms with van der Waals surface area (Å²) in [6.07, 6.45) is 7.26. The Bertz CT molecular complexity index is 1100. The lowest BCUT2D eigenvalue weighted by Crippen LogP contribution is -2.10. The van der Waals surface area contributed by atoms with Gasteiger partial charge in [-0.15, -0.1) is 0 Å². The molecule has 29 heavy (non-hydrogen) atoms. The van der Waals surface area contributed by atoms with E-state index in [1.807, 2.05) is 37.5 Å². The van der Waals surface area contributed by atoms with Crippen LogP contribution in [-0.2, 0) is 7.05 Å². The Balaban J connectivity index is 1.27. The average Bonchev–Trinajstić information content (AvgIpc) is 3.45. The van der Waals surface area contributed by atoms with Crippen LogP contribution in [0.2, 0.25) is 0 Å². The molecule has 0 aliphatic heterocycles. The van der Waals surface area contributed by atoms with E-state index in [0.717, 1.165) is 47.8 Å². The number of benzene rings is 1. The predicted octanol–water partition coefficient (Wildman–Crippen LogP) is 4.05. The number of fused-ring (bicyclic) bond motifs is 1. The van der Waals surface area contributed by atoms with Gasteiger partial charge in [0.2, 0.25) is 0 Å². The topological polar surface area (TPSA) is 113 Å². The smallest absolute Gasteiger partial charge is 0.184 e. The quantitative estimate of drug-likeness (QED) is 0.337. The molecule has 0 saturated heterocycles. The van der Waals surface area contributed by atoms with Crippen molar-refractivity contribution in [2.24, 2.45) is 12.8 Å². The molecule has 0 amide bonds. The minimum Gasteiger partial charge on any atom is -0.364 e. The number of aryl methyl sites for hydroxylation is 1. The van der Waals surface area contributed by atoms with Crippen molar-refractivity contribution in [3.05, 3.63) is 54.2 Å². The van der Waals surface area contributed by atoms with Crippen LogP contribution in [0.25, 0.3) is 22.2 Å². The van der Waals surface area contributed by atoms with Gasteiger partial charge in [0.25, 0.3) is 0 Å². The van der Waals surface area contributed by atoms with Crippen LogP contribution in [0, 0.1) is 0 Å². The summed E-state index contributed by atoms with van der Waals surface area (Å²) >= 11 is 0. The number of nitrogens with zero attached hydrogens (tertiary/aromatic N) is 4. The largest absolute Gasteiger partial charge is 0.364 e. The van der Waals surface area contributed by atoms with Gasteiger partial charge < -0.3 is 14.8 Å². The number of nitrogens with two attached hydrogens (primary N) is 1. The first kappa shape index (κ1) is 19.1. The molecule has 1 atom stereocenters. The molecule has 8 heteroatoms. The van der Waals surface area contributed by atoms with Crippen LogP contribution in [-0.4, -0.2) is 25.9 Å². The van der Waals surface area contributed by atoms with Gasteiger partial charge >= 0.3 is 0 Å². The molecule has 1 aromatic carbocycles. The molecule has 4 aromatic rings. The number of carbonyl (C=O) groups is 1. The fourth-order valence-electron chi connectivity index (χ4n) is 3.36. The Kier molecular flexibility index (Phi) is 5.53. The van der Waals surface area contributed by atoms with Gasteiger partial charge in [0.1, 0.15) is 17.7 Å². The first-order chi connectivity index (χ1) is 14.1. The number of aromatic nitrogens is 4. The maximum atomic E-state index is 11.9. The molecule has 0 bridgehead atoms. The number of rotatable bonds is 9. The lowest BCUT2D eigenvalue weighted by Gasteiger charge is -2.07. The van der Waals surface area contributed by atoms with E-state index in [1.165, 1.54) is 6.26 Å². The summed E-state index contributed by atoms with van der Waals surface area (Å²) in [5.41, 5.74) is 9.29. The molecule has 8 nitrogen and oxygen atoms in total. The molecule has 0 aliphatic rings. The third-order valence-electron chi connectivity index (χ3n) is 4.95. The van der Waals surface area contributed by atoms with Crippen molar-refractivity contribution in [2.45, 2.75) is 38.1 Å². The second-order valence-corrected chi connectivity index (χ2v) is 7.21. The molecule has 0 aliphatic carbocycles. The van der Waals surface area contributed by atoms with Gasteiger partial charge in [0.15, 0.2) is 11.5 Å². The van der Waals surface area contributed by atoms with Crippen molar-refractivity contribution in [1.82, 2.24) is 20.1 Å². The third kappa shape index (κ3) is 4.43. The van der Waals surface area contributed by atoms with E-state index in [9.17, 15) is 4.79 Å². The van der Waals surface area contributed by atoms with E-state index in [-0.39, 0.29) is 11.8 Å². The third-order valence-corrected chi connectivity index (χ3v) is 4.95. The number of unbranched alkanes of at least 4 members (excludes halogenated alkanes) is 2. The maximum Gasteiger partial charge on any atom is 0.184 e. The van der Waals surface area contributed by atoms with Crippen LogP contribution in [0.15, 0.2) is 51.8 Å². The van der Waals surface area contributed by atoms with Crippen LogP contribution in [0.5, 0.6) is 0 Å². The minimum absolute atomic E-state index is 0.00905. The lowest BCUT2D eigenvalue weighted by atomic mass is 10.0. The van der Waals surface area contributed by atoms with E-state index in [2.05, 4.69) is 15.4 Å². The van der Waals surface area contributed by atoms with Crippen LogP contribution < -0.4 is 5.73 Å². The minimum atomic E-state index is -0.194. The van der Waals surface area contributed by atoms with E-state index in [0.29, 0.717) is 17.9 Å². The zero-order valence-corrected chi connectivity index (χ0v) is 16.2. The SMILES string of the molecule is Cn1cc2cc(-c3cc([C@@H](N)CCCCCC(=O)c4ccon4)no3)ccc2n1. The van der Waals surface area contributed by atoms with Crippen molar-refractivity contribution < 1.29 is 13.8 Å². The highest BCUT2D eigenvalue weighted by atomic mass is 16.5. The molecule has 0 unspecified atom stereocenters. The number of carbonyl (C=O) groups excluding carboxylic acids is 1. The van der Waals surface area contributed by atoms with Crippen molar-refractivity contribution in [3.8, 4) is 11.3 Å². The number of hydrogen-bond donors (Lipinski definition) is 1. The monoisotopic (exact) mass is 393 g/mol. The van der Waals surface area contributed by atoms with Crippen molar-refractivity contribution in [1.29, 1.82) is 0 Å². The molecule has 150 valence electrons. The second-order valence-electron chi connectivity index (χ2n) is 7.21. The van der Waals surface area contributed by atoms with E-state index in [4.69, 9.17) is 14.8 Å². The molecule has 2 N–H and O–H groups in total. The fourth-order valence-corrected chi connectivity index (χ4v) is 3.36. The lowest BCUT2D eigenvalue weighted by molar-refractivity contribution is 0.0970. The van der Waals surface area contributed by atoms with E-state index < -0.39 is 0 Å². The zero-order chi connectivity index (χ0) is 20.2. The summed E-state index contributed by atoms with van der Waals surface area (Å²) in [4.78, 5) is 11.9. The Morgan fingerprint density at radius 2 is 2.07 bits per heavy atom. The molecule has 0 fully saturated rings.